The molecule has 0 aliphatic carbocycles. The Balaban J connectivity index is 1.91. The van der Waals surface area contributed by atoms with Crippen LogP contribution in [0.5, 0.6) is 5.75 Å². The number of aryl methyl sites for hydroxylation is 2. The molecule has 5 rings (SSSR count). The number of hydrogen-bond acceptors (Lipinski definition) is 5. The molecule has 1 aliphatic rings. The summed E-state index contributed by atoms with van der Waals surface area (Å²) < 4.78 is 17.9. The molecule has 0 amide bonds. The van der Waals surface area contributed by atoms with Crippen LogP contribution in [0.15, 0.2) is 60.9 Å². The number of ether oxygens (including phenoxy) is 1. The van der Waals surface area contributed by atoms with Crippen LogP contribution in [0.4, 0.5) is 0 Å². The Morgan fingerprint density at radius 1 is 1.03 bits per heavy atom. The van der Waals surface area contributed by atoms with Gasteiger partial charge in [-0.15, -0.1) is 0 Å². The van der Waals surface area contributed by atoms with Crippen molar-refractivity contribution in [2.45, 2.75) is 32.8 Å². The molecule has 3 heterocycles. The minimum absolute atomic E-state index is 0.201. The summed E-state index contributed by atoms with van der Waals surface area (Å²) in [7, 11) is 0. The second-order valence-electron chi connectivity index (χ2n) is 7.42. The molecule has 2 aromatic carbocycles. The van der Waals surface area contributed by atoms with Crippen molar-refractivity contribution in [3.8, 4) is 5.75 Å². The summed E-state index contributed by atoms with van der Waals surface area (Å²) in [4.78, 5) is 25.1. The van der Waals surface area contributed by atoms with Crippen LogP contribution in [-0.4, -0.2) is 0 Å². The van der Waals surface area contributed by atoms with Crippen molar-refractivity contribution in [2.75, 3.05) is 0 Å². The Labute approximate surface area is 172 Å². The average molecular weight is 399 g/mol. The summed E-state index contributed by atoms with van der Waals surface area (Å²) in [6.45, 7) is 3.74. The molecule has 2 aromatic heterocycles. The summed E-state index contributed by atoms with van der Waals surface area (Å²) >= 11 is 0. The highest BCUT2D eigenvalue weighted by molar-refractivity contribution is 6.10. The molecule has 0 saturated carbocycles. The Morgan fingerprint density at radius 3 is 2.60 bits per heavy atom. The third kappa shape index (κ3) is 2.86. The monoisotopic (exact) mass is 399 g/mol. The molecule has 0 saturated heterocycles. The molecule has 1 unspecified atom stereocenters. The first-order chi connectivity index (χ1) is 14.6. The highest BCUT2D eigenvalue weighted by Gasteiger charge is 2.27. The van der Waals surface area contributed by atoms with Crippen molar-refractivity contribution in [2.24, 2.45) is 0 Å². The lowest BCUT2D eigenvalue weighted by atomic mass is 9.96. The fourth-order valence-electron chi connectivity index (χ4n) is 4.04. The number of fused-ring (bicyclic) bond motifs is 6. The van der Waals surface area contributed by atoms with Crippen molar-refractivity contribution in [1.29, 1.82) is 0 Å². The van der Waals surface area contributed by atoms with E-state index in [1.807, 2.05) is 49.4 Å². The van der Waals surface area contributed by atoms with Crippen LogP contribution in [0.3, 0.4) is 0 Å². The van der Waals surface area contributed by atoms with Gasteiger partial charge >= 0.3 is 5.63 Å². The van der Waals surface area contributed by atoms with Crippen LogP contribution in [0, 0.1) is 13.0 Å². The standard InChI is InChI=1S/C25H19O5/c1-3-7-16-13-20(27)30-25-21(16)23-17(24-22(25)18(26)12-14(2)28-24)10-11-19(29-23)15-8-5-4-6-9-15/h4-6,8-12,19H,3,7H2,1-2H3. The van der Waals surface area contributed by atoms with E-state index in [-0.39, 0.29) is 22.5 Å². The number of rotatable bonds is 3. The van der Waals surface area contributed by atoms with Crippen molar-refractivity contribution >= 4 is 28.0 Å². The van der Waals surface area contributed by atoms with Gasteiger partial charge in [0.05, 0.1) is 17.0 Å². The van der Waals surface area contributed by atoms with E-state index in [1.54, 1.807) is 6.92 Å². The Hall–Kier alpha value is -3.60. The van der Waals surface area contributed by atoms with Crippen molar-refractivity contribution in [3.63, 3.8) is 0 Å². The molecule has 4 aromatic rings. The number of hydrogen-bond donors (Lipinski definition) is 0. The van der Waals surface area contributed by atoms with Gasteiger partial charge in [0.15, 0.2) is 16.6 Å². The highest BCUT2D eigenvalue weighted by atomic mass is 16.5. The average Bonchev–Trinajstić information content (AvgIpc) is 2.73. The summed E-state index contributed by atoms with van der Waals surface area (Å²) in [6, 6.07) is 14.1. The van der Waals surface area contributed by atoms with Gasteiger partial charge in [0.25, 0.3) is 0 Å². The predicted molar refractivity (Wildman–Crippen MR) is 115 cm³/mol. The van der Waals surface area contributed by atoms with Crippen LogP contribution < -0.4 is 15.8 Å². The van der Waals surface area contributed by atoms with Gasteiger partial charge in [-0.2, -0.15) is 0 Å². The maximum Gasteiger partial charge on any atom is 0.344 e. The maximum absolute atomic E-state index is 12.9. The van der Waals surface area contributed by atoms with Gasteiger partial charge in [-0.3, -0.25) is 4.79 Å². The maximum atomic E-state index is 12.9. The molecule has 0 spiro atoms. The van der Waals surface area contributed by atoms with E-state index in [0.29, 0.717) is 40.0 Å². The van der Waals surface area contributed by atoms with Crippen LogP contribution in [0.2, 0.25) is 0 Å². The lowest BCUT2D eigenvalue weighted by molar-refractivity contribution is 0.254. The van der Waals surface area contributed by atoms with Crippen molar-refractivity contribution < 1.29 is 13.6 Å². The smallest absolute Gasteiger partial charge is 0.344 e. The topological polar surface area (TPSA) is 69.7 Å². The predicted octanol–water partition coefficient (Wildman–Crippen LogP) is 5.11. The lowest BCUT2D eigenvalue weighted by Gasteiger charge is -2.24. The molecule has 1 aliphatic heterocycles. The molecule has 30 heavy (non-hydrogen) atoms. The van der Waals surface area contributed by atoms with Gasteiger partial charge in [-0.1, -0.05) is 43.7 Å². The molecule has 0 fully saturated rings. The Bertz CT molecular complexity index is 1420. The van der Waals surface area contributed by atoms with Gasteiger partial charge in [0, 0.05) is 6.07 Å². The summed E-state index contributed by atoms with van der Waals surface area (Å²) in [5.74, 6) is 1.03. The zero-order chi connectivity index (χ0) is 20.8. The first kappa shape index (κ1) is 18.4. The fraction of sp³-hybridized carbons (Fsp3) is 0.200. The third-order valence-electron chi connectivity index (χ3n) is 5.30. The molecule has 1 atom stereocenters. The Kier molecular flexibility index (Phi) is 4.31. The highest BCUT2D eigenvalue weighted by Crippen LogP contribution is 2.44. The molecule has 5 nitrogen and oxygen atoms in total. The molecule has 5 heteroatoms. The van der Waals surface area contributed by atoms with E-state index >= 15 is 0 Å². The van der Waals surface area contributed by atoms with Crippen molar-refractivity contribution in [3.05, 3.63) is 91.6 Å². The van der Waals surface area contributed by atoms with E-state index < -0.39 is 5.63 Å². The summed E-state index contributed by atoms with van der Waals surface area (Å²) in [5, 5.41) is 0.865. The SMILES string of the molecule is CCCc1[c]c(=O)oc2c1c1c(c3oc(C)cc(=O)c32)C=CC(c2ccccc2)O1. The van der Waals surface area contributed by atoms with Crippen molar-refractivity contribution in [1.82, 2.24) is 0 Å². The first-order valence-corrected chi connectivity index (χ1v) is 9.96. The van der Waals surface area contributed by atoms with Gasteiger partial charge in [-0.25, -0.2) is 4.79 Å². The zero-order valence-electron chi connectivity index (χ0n) is 16.7. The second kappa shape index (κ2) is 7.02. The van der Waals surface area contributed by atoms with Crippen LogP contribution in [0.1, 0.15) is 41.9 Å². The fourth-order valence-corrected chi connectivity index (χ4v) is 4.04. The molecular formula is C25H19O5. The molecule has 1 radical (unpaired) electrons. The lowest BCUT2D eigenvalue weighted by Crippen LogP contribution is -2.13. The minimum atomic E-state index is -0.613. The zero-order valence-corrected chi connectivity index (χ0v) is 16.7. The summed E-state index contributed by atoms with van der Waals surface area (Å²) in [6.07, 6.45) is 4.97. The van der Waals surface area contributed by atoms with Crippen LogP contribution in [0.25, 0.3) is 28.0 Å². The van der Waals surface area contributed by atoms with E-state index in [1.165, 1.54) is 6.07 Å². The third-order valence-corrected chi connectivity index (χ3v) is 5.30. The van der Waals surface area contributed by atoms with E-state index in [0.717, 1.165) is 12.0 Å². The van der Waals surface area contributed by atoms with Gasteiger partial charge in [0.2, 0.25) is 0 Å². The van der Waals surface area contributed by atoms with Crippen LogP contribution in [-0.2, 0) is 6.42 Å². The first-order valence-electron chi connectivity index (χ1n) is 9.96. The van der Waals surface area contributed by atoms with Gasteiger partial charge in [-0.05, 0) is 36.6 Å². The van der Waals surface area contributed by atoms with E-state index in [9.17, 15) is 9.59 Å². The van der Waals surface area contributed by atoms with E-state index in [4.69, 9.17) is 13.6 Å². The quantitative estimate of drug-likeness (QED) is 0.354. The van der Waals surface area contributed by atoms with Gasteiger partial charge < -0.3 is 13.6 Å². The molecule has 149 valence electrons. The number of benzene rings is 2. The molecule has 0 bridgehead atoms. The van der Waals surface area contributed by atoms with E-state index in [2.05, 4.69) is 6.07 Å². The molecule has 0 N–H and O–H groups in total. The summed E-state index contributed by atoms with van der Waals surface area (Å²) in [5.41, 5.74) is 2.05. The molecular weight excluding hydrogens is 380 g/mol. The largest absolute Gasteiger partial charge is 0.480 e. The van der Waals surface area contributed by atoms with Gasteiger partial charge in [0.1, 0.15) is 23.0 Å². The normalized spacial score (nSPS) is 15.3. The van der Waals surface area contributed by atoms with Crippen LogP contribution >= 0.6 is 0 Å². The second-order valence-corrected chi connectivity index (χ2v) is 7.42. The minimum Gasteiger partial charge on any atom is -0.480 e. The Morgan fingerprint density at radius 2 is 1.83 bits per heavy atom.